The first-order valence-corrected chi connectivity index (χ1v) is 9.48. The second-order valence-corrected chi connectivity index (χ2v) is 8.09. The summed E-state index contributed by atoms with van der Waals surface area (Å²) < 4.78 is 62.5. The smallest absolute Gasteiger partial charge is 0.326 e. The van der Waals surface area contributed by atoms with Crippen molar-refractivity contribution in [2.45, 2.75) is 17.5 Å². The number of hydrogen-bond donors (Lipinski definition) is 1. The summed E-state index contributed by atoms with van der Waals surface area (Å²) in [7, 11) is -3.63. The number of halogens is 4. The van der Waals surface area contributed by atoms with E-state index in [1.807, 2.05) is 0 Å². The zero-order valence-corrected chi connectivity index (χ0v) is 15.1. The second kappa shape index (κ2) is 7.57. The molecule has 0 aliphatic carbocycles. The van der Waals surface area contributed by atoms with Gasteiger partial charge in [-0.3, -0.25) is 4.79 Å². The highest BCUT2D eigenvalue weighted by atomic mass is 79.9. The number of hydrogen-bond acceptors (Lipinski definition) is 3. The molecule has 0 saturated carbocycles. The summed E-state index contributed by atoms with van der Waals surface area (Å²) in [6.07, 6.45) is -4.94. The summed E-state index contributed by atoms with van der Waals surface area (Å²) in [5.74, 6) is -1.12. The van der Waals surface area contributed by atoms with Gasteiger partial charge in [-0.15, -0.1) is 0 Å². The molecule has 1 N–H and O–H groups in total. The Hall–Kier alpha value is -1.87. The Morgan fingerprint density at radius 2 is 1.72 bits per heavy atom. The lowest BCUT2D eigenvalue weighted by Gasteiger charge is -2.12. The van der Waals surface area contributed by atoms with Gasteiger partial charge >= 0.3 is 6.18 Å². The summed E-state index contributed by atoms with van der Waals surface area (Å²) in [4.78, 5) is 12.0. The van der Waals surface area contributed by atoms with Crippen LogP contribution in [0.1, 0.15) is 12.0 Å². The predicted molar refractivity (Wildman–Crippen MR) is 90.9 cm³/mol. The molecule has 0 aliphatic rings. The Balaban J connectivity index is 2.04. The zero-order chi connectivity index (χ0) is 18.7. The van der Waals surface area contributed by atoms with Crippen molar-refractivity contribution >= 4 is 37.4 Å². The Morgan fingerprint density at radius 1 is 1.08 bits per heavy atom. The van der Waals surface area contributed by atoms with Crippen LogP contribution in [0.3, 0.4) is 0 Å². The number of carbonyl (C=O) groups excluding carboxylic acids is 1. The Bertz CT molecular complexity index is 868. The highest BCUT2D eigenvalue weighted by Gasteiger charge is 2.33. The third kappa shape index (κ3) is 5.30. The molecular weight excluding hydrogens is 423 g/mol. The number of nitrogens with one attached hydrogen (secondary N) is 1. The quantitative estimate of drug-likeness (QED) is 0.762. The van der Waals surface area contributed by atoms with Gasteiger partial charge < -0.3 is 5.32 Å². The number of rotatable bonds is 5. The molecule has 2 aromatic rings. The molecule has 0 bridgehead atoms. The normalized spacial score (nSPS) is 12.0. The van der Waals surface area contributed by atoms with E-state index >= 15 is 0 Å². The molecule has 25 heavy (non-hydrogen) atoms. The predicted octanol–water partition coefficient (Wildman–Crippen LogP) is 4.27. The van der Waals surface area contributed by atoms with Crippen molar-refractivity contribution in [3.05, 3.63) is 58.6 Å². The summed E-state index contributed by atoms with van der Waals surface area (Å²) in [6, 6.07) is 10.9. The molecule has 134 valence electrons. The molecule has 1 amide bonds. The van der Waals surface area contributed by atoms with Gasteiger partial charge in [-0.1, -0.05) is 34.1 Å². The van der Waals surface area contributed by atoms with Crippen LogP contribution in [0.5, 0.6) is 0 Å². The third-order valence-electron chi connectivity index (χ3n) is 3.26. The van der Waals surface area contributed by atoms with E-state index in [9.17, 15) is 26.4 Å². The van der Waals surface area contributed by atoms with Gasteiger partial charge in [-0.25, -0.2) is 8.42 Å². The van der Waals surface area contributed by atoms with Crippen LogP contribution < -0.4 is 5.32 Å². The van der Waals surface area contributed by atoms with Crippen LogP contribution in [0, 0.1) is 0 Å². The summed E-state index contributed by atoms with van der Waals surface area (Å²) in [5.41, 5.74) is -0.986. The molecule has 0 aromatic heterocycles. The minimum Gasteiger partial charge on any atom is -0.326 e. The van der Waals surface area contributed by atoms with E-state index in [1.165, 1.54) is 24.3 Å². The van der Waals surface area contributed by atoms with E-state index in [4.69, 9.17) is 0 Å². The molecule has 0 spiro atoms. The number of sulfone groups is 1. The topological polar surface area (TPSA) is 63.2 Å². The van der Waals surface area contributed by atoms with E-state index in [0.29, 0.717) is 0 Å². The summed E-state index contributed by atoms with van der Waals surface area (Å²) >= 11 is 2.80. The Labute approximate surface area is 151 Å². The molecule has 0 atom stereocenters. The second-order valence-electron chi connectivity index (χ2n) is 5.12. The molecule has 0 heterocycles. The molecule has 9 heteroatoms. The van der Waals surface area contributed by atoms with Crippen LogP contribution in [0.25, 0.3) is 0 Å². The lowest BCUT2D eigenvalue weighted by molar-refractivity contribution is -0.138. The largest absolute Gasteiger partial charge is 0.417 e. The Morgan fingerprint density at radius 3 is 2.32 bits per heavy atom. The summed E-state index contributed by atoms with van der Waals surface area (Å²) in [6.45, 7) is 0. The first-order chi connectivity index (χ1) is 11.6. The summed E-state index contributed by atoms with van der Waals surface area (Å²) in [5, 5.41) is 2.28. The zero-order valence-electron chi connectivity index (χ0n) is 12.7. The fourth-order valence-corrected chi connectivity index (χ4v) is 3.75. The number of carbonyl (C=O) groups is 1. The van der Waals surface area contributed by atoms with Gasteiger partial charge in [0.05, 0.1) is 16.2 Å². The van der Waals surface area contributed by atoms with Crippen LogP contribution in [0.15, 0.2) is 57.9 Å². The van der Waals surface area contributed by atoms with Crippen molar-refractivity contribution in [3.8, 4) is 0 Å². The fourth-order valence-electron chi connectivity index (χ4n) is 2.02. The lowest BCUT2D eigenvalue weighted by atomic mass is 10.2. The maximum absolute atomic E-state index is 12.8. The van der Waals surface area contributed by atoms with E-state index in [2.05, 4.69) is 21.2 Å². The van der Waals surface area contributed by atoms with Crippen molar-refractivity contribution in [3.63, 3.8) is 0 Å². The minimum atomic E-state index is -4.57. The van der Waals surface area contributed by atoms with Crippen molar-refractivity contribution in [1.29, 1.82) is 0 Å². The van der Waals surface area contributed by atoms with Crippen molar-refractivity contribution in [2.24, 2.45) is 0 Å². The molecule has 0 saturated heterocycles. The highest BCUT2D eigenvalue weighted by molar-refractivity contribution is 9.10. The third-order valence-corrected chi connectivity index (χ3v) is 5.68. The maximum atomic E-state index is 12.8. The van der Waals surface area contributed by atoms with E-state index in [-0.39, 0.29) is 21.5 Å². The fraction of sp³-hybridized carbons (Fsp3) is 0.188. The van der Waals surface area contributed by atoms with Gasteiger partial charge in [0.2, 0.25) is 5.91 Å². The molecule has 0 radical (unpaired) electrons. The lowest BCUT2D eigenvalue weighted by Crippen LogP contribution is -2.18. The van der Waals surface area contributed by atoms with Crippen LogP contribution >= 0.6 is 15.9 Å². The first kappa shape index (κ1) is 19.5. The van der Waals surface area contributed by atoms with E-state index < -0.39 is 33.2 Å². The molecular formula is C16H13BrF3NO3S. The first-order valence-electron chi connectivity index (χ1n) is 7.04. The van der Waals surface area contributed by atoms with Gasteiger partial charge in [0.15, 0.2) is 9.84 Å². The standard InChI is InChI=1S/C16H13BrF3NO3S/c17-14-7-6-11(10-13(14)16(18,19)20)21-15(22)8-9-25(23,24)12-4-2-1-3-5-12/h1-7,10H,8-9H2,(H,21,22). The van der Waals surface area contributed by atoms with Crippen LogP contribution in [-0.4, -0.2) is 20.1 Å². The molecule has 4 nitrogen and oxygen atoms in total. The Kier molecular flexibility index (Phi) is 5.89. The molecule has 2 rings (SSSR count). The average Bonchev–Trinajstić information content (AvgIpc) is 2.55. The van der Waals surface area contributed by atoms with Gasteiger partial charge in [0, 0.05) is 16.6 Å². The van der Waals surface area contributed by atoms with Gasteiger partial charge in [0.1, 0.15) is 0 Å². The average molecular weight is 436 g/mol. The van der Waals surface area contributed by atoms with Crippen molar-refractivity contribution < 1.29 is 26.4 Å². The maximum Gasteiger partial charge on any atom is 0.417 e. The van der Waals surface area contributed by atoms with Gasteiger partial charge in [0.25, 0.3) is 0 Å². The number of anilines is 1. The highest BCUT2D eigenvalue weighted by Crippen LogP contribution is 2.36. The van der Waals surface area contributed by atoms with Crippen LogP contribution in [-0.2, 0) is 20.8 Å². The molecule has 0 fully saturated rings. The molecule has 2 aromatic carbocycles. The van der Waals surface area contributed by atoms with Crippen molar-refractivity contribution in [1.82, 2.24) is 0 Å². The van der Waals surface area contributed by atoms with Gasteiger partial charge in [-0.2, -0.15) is 13.2 Å². The minimum absolute atomic E-state index is 0.0577. The number of benzene rings is 2. The molecule has 0 aliphatic heterocycles. The molecule has 0 unspecified atom stereocenters. The van der Waals surface area contributed by atoms with E-state index in [1.54, 1.807) is 18.2 Å². The number of alkyl halides is 3. The van der Waals surface area contributed by atoms with Gasteiger partial charge in [-0.05, 0) is 30.3 Å². The van der Waals surface area contributed by atoms with E-state index in [0.717, 1.165) is 6.07 Å². The van der Waals surface area contributed by atoms with Crippen molar-refractivity contribution in [2.75, 3.05) is 11.1 Å². The SMILES string of the molecule is O=C(CCS(=O)(=O)c1ccccc1)Nc1ccc(Br)c(C(F)(F)F)c1. The number of amides is 1. The van der Waals surface area contributed by atoms with Crippen LogP contribution in [0.2, 0.25) is 0 Å². The monoisotopic (exact) mass is 435 g/mol. The van der Waals surface area contributed by atoms with Crippen LogP contribution in [0.4, 0.5) is 18.9 Å².